The summed E-state index contributed by atoms with van der Waals surface area (Å²) in [6, 6.07) is 0. The van der Waals surface area contributed by atoms with Crippen molar-refractivity contribution in [3.8, 4) is 0 Å². The molecular weight excluding hydrogens is 225 g/mol. The highest BCUT2D eigenvalue weighted by molar-refractivity contribution is 14.1. The van der Waals surface area contributed by atoms with E-state index < -0.39 is 11.7 Å². The van der Waals surface area contributed by atoms with Crippen LogP contribution in [0.5, 0.6) is 0 Å². The molecule has 0 nitrogen and oxygen atoms in total. The molecule has 0 fully saturated rings. The van der Waals surface area contributed by atoms with Crippen molar-refractivity contribution in [2.24, 2.45) is 0 Å². The fraction of sp³-hybridized carbons (Fsp3) is 0.200. The van der Waals surface area contributed by atoms with Crippen LogP contribution in [0, 0.1) is 0 Å². The van der Waals surface area contributed by atoms with Crippen molar-refractivity contribution in [1.82, 2.24) is 0 Å². The van der Waals surface area contributed by atoms with Crippen LogP contribution in [0.2, 0.25) is 0 Å². The van der Waals surface area contributed by atoms with E-state index in [-0.39, 0.29) is 4.43 Å². The molecule has 0 saturated carbocycles. The van der Waals surface area contributed by atoms with E-state index in [1.54, 1.807) is 22.6 Å². The van der Waals surface area contributed by atoms with Gasteiger partial charge in [0.25, 0.3) is 0 Å². The monoisotopic (exact) mass is 230 g/mol. The van der Waals surface area contributed by atoms with E-state index in [4.69, 9.17) is 0 Å². The Balaban J connectivity index is 3.75. The summed E-state index contributed by atoms with van der Waals surface area (Å²) in [5.41, 5.74) is 0. The van der Waals surface area contributed by atoms with Crippen LogP contribution in [-0.2, 0) is 0 Å². The van der Waals surface area contributed by atoms with Gasteiger partial charge in [-0.2, -0.15) is 0 Å². The highest BCUT2D eigenvalue weighted by Crippen LogP contribution is 2.05. The zero-order valence-corrected chi connectivity index (χ0v) is 6.28. The van der Waals surface area contributed by atoms with Gasteiger partial charge in [-0.25, -0.2) is 8.78 Å². The Labute approximate surface area is 60.4 Å². The lowest BCUT2D eigenvalue weighted by molar-refractivity contribution is 0.621. The fourth-order valence-electron chi connectivity index (χ4n) is 0.209. The molecular formula is C5H5F2I. The van der Waals surface area contributed by atoms with Gasteiger partial charge in [0, 0.05) is 6.08 Å². The fourth-order valence-corrected chi connectivity index (χ4v) is 0.429. The Morgan fingerprint density at radius 3 is 2.25 bits per heavy atom. The molecule has 0 N–H and O–H groups in total. The molecule has 0 amide bonds. The summed E-state index contributed by atoms with van der Waals surface area (Å²) in [7, 11) is 0. The van der Waals surface area contributed by atoms with Gasteiger partial charge in [-0.3, -0.25) is 0 Å². The van der Waals surface area contributed by atoms with Gasteiger partial charge in [0.2, 0.25) is 0 Å². The average Bonchev–Trinajstić information content (AvgIpc) is 1.65. The molecule has 0 unspecified atom stereocenters. The van der Waals surface area contributed by atoms with Gasteiger partial charge in [0.1, 0.15) is 11.7 Å². The van der Waals surface area contributed by atoms with Crippen LogP contribution >= 0.6 is 22.6 Å². The van der Waals surface area contributed by atoms with Crippen LogP contribution in [0.15, 0.2) is 24.3 Å². The molecule has 0 aromatic rings. The van der Waals surface area contributed by atoms with Crippen molar-refractivity contribution < 1.29 is 8.78 Å². The van der Waals surface area contributed by atoms with Crippen molar-refractivity contribution in [1.29, 1.82) is 0 Å². The SMILES string of the molecule is C=C(F)/C=C(/F)CI. The molecule has 0 rings (SSSR count). The molecule has 46 valence electrons. The van der Waals surface area contributed by atoms with Crippen LogP contribution in [0.1, 0.15) is 0 Å². The van der Waals surface area contributed by atoms with Crippen molar-refractivity contribution in [3.05, 3.63) is 24.3 Å². The quantitative estimate of drug-likeness (QED) is 0.388. The topological polar surface area (TPSA) is 0 Å². The van der Waals surface area contributed by atoms with E-state index in [1.165, 1.54) is 0 Å². The van der Waals surface area contributed by atoms with Crippen molar-refractivity contribution in [3.63, 3.8) is 0 Å². The zero-order valence-electron chi connectivity index (χ0n) is 4.13. The molecule has 0 saturated heterocycles. The van der Waals surface area contributed by atoms with E-state index in [0.29, 0.717) is 0 Å². The number of hydrogen-bond acceptors (Lipinski definition) is 0. The van der Waals surface area contributed by atoms with Crippen LogP contribution < -0.4 is 0 Å². The third kappa shape index (κ3) is 4.23. The highest BCUT2D eigenvalue weighted by atomic mass is 127. The standard InChI is InChI=1S/C5H5F2I/c1-4(6)2-5(7)3-8/h2H,1,3H2/b5-2+. The smallest absolute Gasteiger partial charge is 0.118 e. The van der Waals surface area contributed by atoms with Crippen LogP contribution in [0.4, 0.5) is 8.78 Å². The maximum absolute atomic E-state index is 11.9. The van der Waals surface area contributed by atoms with Gasteiger partial charge in [0.15, 0.2) is 0 Å². The van der Waals surface area contributed by atoms with Gasteiger partial charge in [0.05, 0.1) is 4.43 Å². The van der Waals surface area contributed by atoms with Gasteiger partial charge in [-0.15, -0.1) is 0 Å². The summed E-state index contributed by atoms with van der Waals surface area (Å²) in [6.45, 7) is 2.86. The van der Waals surface area contributed by atoms with E-state index in [9.17, 15) is 8.78 Å². The van der Waals surface area contributed by atoms with Crippen molar-refractivity contribution in [2.75, 3.05) is 4.43 Å². The molecule has 0 atom stereocenters. The van der Waals surface area contributed by atoms with Crippen molar-refractivity contribution >= 4 is 22.6 Å². The van der Waals surface area contributed by atoms with E-state index in [1.807, 2.05) is 0 Å². The Morgan fingerprint density at radius 1 is 1.62 bits per heavy atom. The predicted molar refractivity (Wildman–Crippen MR) is 38.3 cm³/mol. The lowest BCUT2D eigenvalue weighted by Gasteiger charge is -1.83. The normalized spacial score (nSPS) is 11.6. The summed E-state index contributed by atoms with van der Waals surface area (Å²) in [5.74, 6) is -1.22. The average molecular weight is 230 g/mol. The molecule has 0 aromatic carbocycles. The van der Waals surface area contributed by atoms with Crippen LogP contribution in [0.3, 0.4) is 0 Å². The van der Waals surface area contributed by atoms with E-state index >= 15 is 0 Å². The number of alkyl halides is 1. The van der Waals surface area contributed by atoms with Crippen molar-refractivity contribution in [2.45, 2.75) is 0 Å². The first-order chi connectivity index (χ1) is 3.66. The highest BCUT2D eigenvalue weighted by Gasteiger charge is 1.89. The second-order valence-corrected chi connectivity index (χ2v) is 1.93. The zero-order chi connectivity index (χ0) is 6.57. The minimum Gasteiger partial charge on any atom is -0.211 e. The van der Waals surface area contributed by atoms with Crippen LogP contribution in [-0.4, -0.2) is 4.43 Å². The third-order valence-electron chi connectivity index (χ3n) is 0.441. The minimum atomic E-state index is -0.737. The molecule has 0 heterocycles. The molecule has 0 aliphatic rings. The summed E-state index contributed by atoms with van der Waals surface area (Å²) in [4.78, 5) is 0. The second-order valence-electron chi connectivity index (χ2n) is 1.17. The summed E-state index contributed by atoms with van der Waals surface area (Å²) in [6.07, 6.45) is 0.770. The maximum Gasteiger partial charge on any atom is 0.118 e. The molecule has 3 heteroatoms. The first-order valence-corrected chi connectivity index (χ1v) is 3.46. The summed E-state index contributed by atoms with van der Waals surface area (Å²) in [5, 5.41) is 0. The summed E-state index contributed by atoms with van der Waals surface area (Å²) >= 11 is 1.80. The minimum absolute atomic E-state index is 0.195. The predicted octanol–water partition coefficient (Wildman–Crippen LogP) is 2.76. The molecule has 0 aliphatic carbocycles. The molecule has 0 aromatic heterocycles. The Hall–Kier alpha value is 0.0700. The molecule has 0 aliphatic heterocycles. The number of hydrogen-bond donors (Lipinski definition) is 0. The van der Waals surface area contributed by atoms with E-state index in [0.717, 1.165) is 6.08 Å². The number of allylic oxidation sites excluding steroid dienone is 3. The molecule has 0 spiro atoms. The largest absolute Gasteiger partial charge is 0.211 e. The first kappa shape index (κ1) is 8.07. The number of rotatable bonds is 2. The lowest BCUT2D eigenvalue weighted by atomic mass is 10.5. The molecule has 0 radical (unpaired) electrons. The van der Waals surface area contributed by atoms with E-state index in [2.05, 4.69) is 6.58 Å². The lowest BCUT2D eigenvalue weighted by Crippen LogP contribution is -1.71. The maximum atomic E-state index is 11.9. The third-order valence-corrected chi connectivity index (χ3v) is 1.17. The Morgan fingerprint density at radius 2 is 2.12 bits per heavy atom. The van der Waals surface area contributed by atoms with Gasteiger partial charge >= 0.3 is 0 Å². The van der Waals surface area contributed by atoms with Gasteiger partial charge in [-0.1, -0.05) is 29.2 Å². The second kappa shape index (κ2) is 4.00. The molecule has 8 heavy (non-hydrogen) atoms. The van der Waals surface area contributed by atoms with Gasteiger partial charge in [-0.05, 0) is 0 Å². The summed E-state index contributed by atoms with van der Waals surface area (Å²) < 4.78 is 23.8. The Bertz CT molecular complexity index is 118. The van der Waals surface area contributed by atoms with Crippen LogP contribution in [0.25, 0.3) is 0 Å². The molecule has 0 bridgehead atoms. The first-order valence-electron chi connectivity index (χ1n) is 1.93. The Kier molecular flexibility index (Phi) is 4.03. The number of halogens is 3. The van der Waals surface area contributed by atoms with Gasteiger partial charge < -0.3 is 0 Å².